The van der Waals surface area contributed by atoms with Gasteiger partial charge in [-0.3, -0.25) is 4.90 Å². The molecule has 5 heteroatoms. The third-order valence-corrected chi connectivity index (χ3v) is 21.2. The van der Waals surface area contributed by atoms with E-state index < -0.39 is 0 Å². The Kier molecular flexibility index (Phi) is 8.36. The number of rotatable bonds is 3. The van der Waals surface area contributed by atoms with Crippen molar-refractivity contribution in [3.05, 3.63) is 0 Å². The van der Waals surface area contributed by atoms with Crippen molar-refractivity contribution in [2.24, 2.45) is 47.3 Å². The molecule has 19 atom stereocenters. The van der Waals surface area contributed by atoms with Gasteiger partial charge in [0.05, 0.1) is 24.4 Å². The number of thioether (sulfide) groups is 2. The molecule has 0 N–H and O–H groups in total. The van der Waals surface area contributed by atoms with Gasteiger partial charge in [-0.05, 0) is 144 Å². The Bertz CT molecular complexity index is 1150. The summed E-state index contributed by atoms with van der Waals surface area (Å²) >= 11 is 5.14. The first-order chi connectivity index (χ1) is 23.3. The first kappa shape index (κ1) is 31.1. The lowest BCUT2D eigenvalue weighted by molar-refractivity contribution is -0.0698. The second kappa shape index (κ2) is 12.6. The Balaban J connectivity index is 0.925. The second-order valence-electron chi connectivity index (χ2n) is 19.2. The Morgan fingerprint density at radius 3 is 1.94 bits per heavy atom. The molecule has 0 aromatic heterocycles. The highest BCUT2D eigenvalue weighted by molar-refractivity contribution is 8.02. The summed E-state index contributed by atoms with van der Waals surface area (Å²) in [6, 6.07) is 2.35. The summed E-state index contributed by atoms with van der Waals surface area (Å²) in [6.45, 7) is 0. The van der Waals surface area contributed by atoms with Crippen LogP contribution in [0.2, 0.25) is 0 Å². The summed E-state index contributed by atoms with van der Waals surface area (Å²) in [5.74, 6) is 7.57. The molecule has 19 unspecified atom stereocenters. The van der Waals surface area contributed by atoms with Crippen LogP contribution in [0.3, 0.4) is 0 Å². The van der Waals surface area contributed by atoms with Crippen molar-refractivity contribution in [2.45, 2.75) is 211 Å². The van der Waals surface area contributed by atoms with E-state index in [1.54, 1.807) is 25.7 Å². The minimum atomic E-state index is 0.559. The maximum Gasteiger partial charge on any atom is 0.0625 e. The fourth-order valence-electron chi connectivity index (χ4n) is 15.9. The molecule has 7 saturated carbocycles. The van der Waals surface area contributed by atoms with Crippen molar-refractivity contribution in [1.29, 1.82) is 0 Å². The van der Waals surface area contributed by atoms with E-state index in [1.165, 1.54) is 122 Å². The molecule has 11 rings (SSSR count). The zero-order valence-electron chi connectivity index (χ0n) is 29.3. The third kappa shape index (κ3) is 5.04. The van der Waals surface area contributed by atoms with E-state index >= 15 is 0 Å². The molecule has 4 heterocycles. The number of fused-ring (bicyclic) bond motifs is 13. The van der Waals surface area contributed by atoms with E-state index in [0.717, 1.165) is 86.5 Å². The molecule has 0 aromatic carbocycles. The topological polar surface area (TPSA) is 21.7 Å². The molecule has 3 nitrogen and oxygen atoms in total. The molecule has 7 aliphatic carbocycles. The second-order valence-corrected chi connectivity index (χ2v) is 22.0. The number of nitrogens with zero attached hydrogens (tertiary/aromatic N) is 1. The van der Waals surface area contributed by atoms with Crippen molar-refractivity contribution in [3.63, 3.8) is 0 Å². The van der Waals surface area contributed by atoms with Crippen LogP contribution >= 0.6 is 23.5 Å². The van der Waals surface area contributed by atoms with Crippen LogP contribution in [0.25, 0.3) is 0 Å². The molecular weight excluding hydrogens is 615 g/mol. The van der Waals surface area contributed by atoms with Gasteiger partial charge in [0, 0.05) is 45.0 Å². The fraction of sp³-hybridized carbons (Fsp3) is 1.00. The normalized spacial score (nSPS) is 58.0. The highest BCUT2D eigenvalue weighted by Gasteiger charge is 2.62. The van der Waals surface area contributed by atoms with Crippen LogP contribution in [0.15, 0.2) is 0 Å². The third-order valence-electron chi connectivity index (χ3n) is 17.4. The van der Waals surface area contributed by atoms with Gasteiger partial charge in [-0.15, -0.1) is 0 Å². The largest absolute Gasteiger partial charge is 0.374 e. The summed E-state index contributed by atoms with van der Waals surface area (Å²) in [5, 5.41) is 3.91. The van der Waals surface area contributed by atoms with Gasteiger partial charge in [-0.1, -0.05) is 44.9 Å². The zero-order valence-corrected chi connectivity index (χ0v) is 30.9. The van der Waals surface area contributed by atoms with E-state index in [2.05, 4.69) is 28.4 Å². The Hall–Kier alpha value is 0.580. The van der Waals surface area contributed by atoms with Crippen LogP contribution in [0, 0.1) is 47.3 Å². The summed E-state index contributed by atoms with van der Waals surface area (Å²) in [4.78, 5) is 3.41. The van der Waals surface area contributed by atoms with Crippen molar-refractivity contribution < 1.29 is 9.47 Å². The lowest BCUT2D eigenvalue weighted by Crippen LogP contribution is -2.61. The lowest BCUT2D eigenvalue weighted by Gasteiger charge is -2.54. The molecule has 262 valence electrons. The summed E-state index contributed by atoms with van der Waals surface area (Å²) in [6.07, 6.45) is 36.0. The first-order valence-corrected chi connectivity index (χ1v) is 23.6. The van der Waals surface area contributed by atoms with Gasteiger partial charge in [-0.2, -0.15) is 23.5 Å². The smallest absolute Gasteiger partial charge is 0.0625 e. The number of ether oxygens (including phenoxy) is 2. The molecule has 4 aliphatic heterocycles. The van der Waals surface area contributed by atoms with Crippen LogP contribution in [0.1, 0.15) is 148 Å². The predicted molar refractivity (Wildman–Crippen MR) is 195 cm³/mol. The maximum atomic E-state index is 7.10. The van der Waals surface area contributed by atoms with Gasteiger partial charge in [-0.25, -0.2) is 0 Å². The van der Waals surface area contributed by atoms with Crippen LogP contribution in [0.5, 0.6) is 0 Å². The molecule has 47 heavy (non-hydrogen) atoms. The van der Waals surface area contributed by atoms with Crippen LogP contribution in [-0.2, 0) is 9.47 Å². The van der Waals surface area contributed by atoms with E-state index in [4.69, 9.17) is 9.47 Å². The minimum absolute atomic E-state index is 0.559. The zero-order chi connectivity index (χ0) is 30.6. The lowest BCUT2D eigenvalue weighted by atomic mass is 9.64. The predicted octanol–water partition coefficient (Wildman–Crippen LogP) is 9.89. The van der Waals surface area contributed by atoms with Crippen molar-refractivity contribution in [2.75, 3.05) is 0 Å². The van der Waals surface area contributed by atoms with Gasteiger partial charge in [0.2, 0.25) is 0 Å². The molecular formula is C42H65NO2S2. The fourth-order valence-corrected chi connectivity index (χ4v) is 20.5. The SMILES string of the molecule is C1CCC2C(C1)OC1CC(N(C3CCCC4C5CCC6SC7CCCCC7C6C5SC43)C3CCCC4OC5CCCCC5C43)CCC12. The molecule has 0 bridgehead atoms. The van der Waals surface area contributed by atoms with Crippen LogP contribution in [0.4, 0.5) is 0 Å². The van der Waals surface area contributed by atoms with E-state index in [9.17, 15) is 0 Å². The number of hydrogen-bond acceptors (Lipinski definition) is 5. The Morgan fingerprint density at radius 2 is 1.02 bits per heavy atom. The number of hydrogen-bond donors (Lipinski definition) is 0. The molecule has 4 saturated heterocycles. The first-order valence-electron chi connectivity index (χ1n) is 21.7. The molecule has 0 aromatic rings. The van der Waals surface area contributed by atoms with Crippen molar-refractivity contribution in [3.8, 4) is 0 Å². The standard InChI is InChI=1S/C42H65NO2S2/c1-4-15-33-25(9-1)26-20-19-24(23-36(26)45-33)43(31-13-8-17-35-39(31)29-10-2-5-16-34(29)44-35)32-14-7-12-27-28-21-22-38-40(42(28)47-41(27)32)30-11-3-6-18-37(30)46-38/h24-42H,1-23H2. The van der Waals surface area contributed by atoms with Gasteiger partial charge >= 0.3 is 0 Å². The van der Waals surface area contributed by atoms with E-state index in [-0.39, 0.29) is 0 Å². The Labute approximate surface area is 295 Å². The van der Waals surface area contributed by atoms with Crippen LogP contribution < -0.4 is 0 Å². The van der Waals surface area contributed by atoms with Gasteiger partial charge in [0.25, 0.3) is 0 Å². The molecule has 11 fully saturated rings. The van der Waals surface area contributed by atoms with E-state index in [1.807, 2.05) is 0 Å². The van der Waals surface area contributed by atoms with Gasteiger partial charge < -0.3 is 9.47 Å². The summed E-state index contributed by atoms with van der Waals surface area (Å²) < 4.78 is 14.2. The van der Waals surface area contributed by atoms with Gasteiger partial charge in [0.1, 0.15) is 0 Å². The monoisotopic (exact) mass is 679 g/mol. The Morgan fingerprint density at radius 1 is 0.383 bits per heavy atom. The highest BCUT2D eigenvalue weighted by Crippen LogP contribution is 2.65. The molecule has 0 radical (unpaired) electrons. The highest BCUT2D eigenvalue weighted by atomic mass is 32.2. The van der Waals surface area contributed by atoms with E-state index in [0.29, 0.717) is 24.4 Å². The quantitative estimate of drug-likeness (QED) is 0.295. The van der Waals surface area contributed by atoms with Crippen molar-refractivity contribution in [1.82, 2.24) is 4.90 Å². The average molecular weight is 680 g/mol. The molecule has 0 amide bonds. The average Bonchev–Trinajstić information content (AvgIpc) is 3.88. The summed E-state index contributed by atoms with van der Waals surface area (Å²) in [5.41, 5.74) is 0. The summed E-state index contributed by atoms with van der Waals surface area (Å²) in [7, 11) is 0. The maximum absolute atomic E-state index is 7.10. The minimum Gasteiger partial charge on any atom is -0.374 e. The molecule has 11 aliphatic rings. The molecule has 0 spiro atoms. The van der Waals surface area contributed by atoms with Crippen molar-refractivity contribution >= 4 is 23.5 Å². The van der Waals surface area contributed by atoms with Gasteiger partial charge in [0.15, 0.2) is 0 Å². The van der Waals surface area contributed by atoms with Crippen LogP contribution in [-0.4, -0.2) is 68.4 Å².